The number of rotatable bonds is 4. The van der Waals surface area contributed by atoms with Crippen LogP contribution in [-0.4, -0.2) is 80.1 Å². The number of hydrogen-bond acceptors (Lipinski definition) is 5. The van der Waals surface area contributed by atoms with Gasteiger partial charge in [0, 0.05) is 46.3 Å². The summed E-state index contributed by atoms with van der Waals surface area (Å²) in [6.45, 7) is 12.3. The summed E-state index contributed by atoms with van der Waals surface area (Å²) in [7, 11) is -1.32. The number of morpholine rings is 1. The van der Waals surface area contributed by atoms with Crippen LogP contribution < -0.4 is 5.32 Å². The number of sulfone groups is 1. The molecule has 1 aromatic carbocycles. The smallest absolute Gasteiger partial charge is 0.193 e. The summed E-state index contributed by atoms with van der Waals surface area (Å²) in [6, 6.07) is 8.66. The Balaban J connectivity index is 1.54. The van der Waals surface area contributed by atoms with Crippen molar-refractivity contribution >= 4 is 15.8 Å². The van der Waals surface area contributed by atoms with Gasteiger partial charge in [-0.1, -0.05) is 24.3 Å². The molecule has 3 rings (SSSR count). The van der Waals surface area contributed by atoms with Crippen LogP contribution in [0.15, 0.2) is 29.3 Å². The van der Waals surface area contributed by atoms with Crippen LogP contribution in [0.4, 0.5) is 0 Å². The Morgan fingerprint density at radius 2 is 1.77 bits per heavy atom. The van der Waals surface area contributed by atoms with E-state index in [0.717, 1.165) is 25.6 Å². The fourth-order valence-corrected chi connectivity index (χ4v) is 5.64. The molecule has 2 unspecified atom stereocenters. The molecule has 0 aromatic heterocycles. The fraction of sp³-hybridized carbons (Fsp3) is 0.682. The van der Waals surface area contributed by atoms with Gasteiger partial charge in [-0.05, 0) is 38.8 Å². The van der Waals surface area contributed by atoms with Crippen LogP contribution in [0.1, 0.15) is 38.8 Å². The minimum absolute atomic E-state index is 0.161. The molecule has 2 aliphatic rings. The van der Waals surface area contributed by atoms with Gasteiger partial charge in [0.2, 0.25) is 0 Å². The Labute approximate surface area is 181 Å². The molecule has 168 valence electrons. The predicted octanol–water partition coefficient (Wildman–Crippen LogP) is 1.88. The number of hydrogen-bond donors (Lipinski definition) is 1. The Hall–Kier alpha value is -1.64. The van der Waals surface area contributed by atoms with E-state index >= 15 is 0 Å². The van der Waals surface area contributed by atoms with Gasteiger partial charge in [-0.3, -0.25) is 9.89 Å². The second-order valence-electron chi connectivity index (χ2n) is 9.17. The fourth-order valence-electron chi connectivity index (χ4n) is 4.27. The highest BCUT2D eigenvalue weighted by molar-refractivity contribution is 7.92. The van der Waals surface area contributed by atoms with Crippen LogP contribution in [0.3, 0.4) is 0 Å². The summed E-state index contributed by atoms with van der Waals surface area (Å²) < 4.78 is 29.6. The lowest BCUT2D eigenvalue weighted by Gasteiger charge is -2.39. The molecule has 1 aromatic rings. The van der Waals surface area contributed by atoms with Crippen molar-refractivity contribution in [1.29, 1.82) is 0 Å². The van der Waals surface area contributed by atoms with Crippen molar-refractivity contribution in [2.45, 2.75) is 57.7 Å². The average molecular weight is 437 g/mol. The first-order valence-corrected chi connectivity index (χ1v) is 12.4. The second-order valence-corrected chi connectivity index (χ2v) is 11.9. The number of ether oxygens (including phenoxy) is 1. The summed E-state index contributed by atoms with van der Waals surface area (Å²) in [6.07, 6.45) is 0.553. The van der Waals surface area contributed by atoms with Gasteiger partial charge >= 0.3 is 0 Å². The first-order valence-electron chi connectivity index (χ1n) is 10.7. The molecule has 8 heteroatoms. The average Bonchev–Trinajstić information content (AvgIpc) is 2.65. The standard InChI is InChI=1S/C22H36N4O3S/c1-17-13-25(14-18(2)29-17)15-20-8-6-19(7-9-20)12-24-21(23-5)26-10-11-30(27,28)22(3,4)16-26/h6-9,17-18H,10-16H2,1-5H3,(H,23,24). The molecule has 1 N–H and O–H groups in total. The molecule has 30 heavy (non-hydrogen) atoms. The maximum absolute atomic E-state index is 12.3. The number of nitrogens with one attached hydrogen (secondary N) is 1. The zero-order chi connectivity index (χ0) is 21.9. The highest BCUT2D eigenvalue weighted by Crippen LogP contribution is 2.23. The zero-order valence-corrected chi connectivity index (χ0v) is 19.7. The van der Waals surface area contributed by atoms with E-state index in [1.54, 1.807) is 20.9 Å². The molecule has 0 saturated carbocycles. The molecular weight excluding hydrogens is 400 g/mol. The van der Waals surface area contributed by atoms with E-state index in [9.17, 15) is 8.42 Å². The van der Waals surface area contributed by atoms with E-state index in [-0.39, 0.29) is 18.0 Å². The molecule has 7 nitrogen and oxygen atoms in total. The third-order valence-corrected chi connectivity index (χ3v) is 8.46. The third-order valence-electron chi connectivity index (χ3n) is 5.93. The molecular formula is C22H36N4O3S. The summed E-state index contributed by atoms with van der Waals surface area (Å²) in [5, 5.41) is 3.39. The minimum atomic E-state index is -3.06. The molecule has 0 aliphatic carbocycles. The van der Waals surface area contributed by atoms with Crippen molar-refractivity contribution in [3.05, 3.63) is 35.4 Å². The normalized spacial score (nSPS) is 27.1. The summed E-state index contributed by atoms with van der Waals surface area (Å²) >= 11 is 0. The number of aliphatic imine (C=N–C) groups is 1. The summed E-state index contributed by atoms with van der Waals surface area (Å²) in [5.74, 6) is 0.909. The van der Waals surface area contributed by atoms with Gasteiger partial charge in [0.15, 0.2) is 15.8 Å². The maximum Gasteiger partial charge on any atom is 0.193 e. The predicted molar refractivity (Wildman–Crippen MR) is 121 cm³/mol. The lowest BCUT2D eigenvalue weighted by Crippen LogP contribution is -2.57. The van der Waals surface area contributed by atoms with Gasteiger partial charge in [0.05, 0.1) is 22.7 Å². The van der Waals surface area contributed by atoms with E-state index in [2.05, 4.69) is 53.3 Å². The van der Waals surface area contributed by atoms with E-state index < -0.39 is 14.6 Å². The van der Waals surface area contributed by atoms with E-state index in [4.69, 9.17) is 4.74 Å². The van der Waals surface area contributed by atoms with Crippen molar-refractivity contribution in [3.63, 3.8) is 0 Å². The lowest BCUT2D eigenvalue weighted by atomic mass is 10.1. The molecule has 0 spiro atoms. The summed E-state index contributed by atoms with van der Waals surface area (Å²) in [5.41, 5.74) is 2.47. The first kappa shape index (κ1) is 23.0. The second kappa shape index (κ2) is 9.24. The van der Waals surface area contributed by atoms with E-state index in [0.29, 0.717) is 19.6 Å². The van der Waals surface area contributed by atoms with Gasteiger partial charge in [-0.25, -0.2) is 8.42 Å². The minimum Gasteiger partial charge on any atom is -0.373 e. The molecule has 0 amide bonds. The van der Waals surface area contributed by atoms with Crippen molar-refractivity contribution in [2.24, 2.45) is 4.99 Å². The van der Waals surface area contributed by atoms with Crippen LogP contribution in [0.2, 0.25) is 0 Å². The number of nitrogens with zero attached hydrogens (tertiary/aromatic N) is 3. The van der Waals surface area contributed by atoms with Crippen molar-refractivity contribution in [3.8, 4) is 0 Å². The Kier molecular flexibility index (Phi) is 7.09. The Morgan fingerprint density at radius 3 is 2.33 bits per heavy atom. The SMILES string of the molecule is CN=C(NCc1ccc(CN2CC(C)OC(C)C2)cc1)N1CCS(=O)(=O)C(C)(C)C1. The van der Waals surface area contributed by atoms with Crippen LogP contribution in [0.5, 0.6) is 0 Å². The van der Waals surface area contributed by atoms with Crippen LogP contribution in [-0.2, 0) is 27.7 Å². The molecule has 0 bridgehead atoms. The molecule has 2 atom stereocenters. The Bertz CT molecular complexity index is 842. The molecule has 2 saturated heterocycles. The monoisotopic (exact) mass is 436 g/mol. The van der Waals surface area contributed by atoms with Gasteiger partial charge in [-0.15, -0.1) is 0 Å². The van der Waals surface area contributed by atoms with Gasteiger partial charge in [0.25, 0.3) is 0 Å². The molecule has 2 heterocycles. The number of benzene rings is 1. The molecule has 2 fully saturated rings. The molecule has 2 aliphatic heterocycles. The topological polar surface area (TPSA) is 74.2 Å². The van der Waals surface area contributed by atoms with E-state index in [1.165, 1.54) is 11.1 Å². The first-order chi connectivity index (χ1) is 14.1. The Morgan fingerprint density at radius 1 is 1.17 bits per heavy atom. The highest BCUT2D eigenvalue weighted by Gasteiger charge is 2.40. The van der Waals surface area contributed by atoms with Crippen LogP contribution in [0, 0.1) is 0 Å². The zero-order valence-electron chi connectivity index (χ0n) is 18.9. The van der Waals surface area contributed by atoms with Crippen molar-refractivity contribution in [1.82, 2.24) is 15.1 Å². The van der Waals surface area contributed by atoms with E-state index in [1.807, 2.05) is 4.90 Å². The quantitative estimate of drug-likeness (QED) is 0.574. The highest BCUT2D eigenvalue weighted by atomic mass is 32.2. The third kappa shape index (κ3) is 5.53. The summed E-state index contributed by atoms with van der Waals surface area (Å²) in [4.78, 5) is 8.85. The number of guanidine groups is 1. The van der Waals surface area contributed by atoms with Crippen molar-refractivity contribution < 1.29 is 13.2 Å². The molecule has 0 radical (unpaired) electrons. The maximum atomic E-state index is 12.3. The van der Waals surface area contributed by atoms with Gasteiger partial charge < -0.3 is 15.0 Å². The van der Waals surface area contributed by atoms with Gasteiger partial charge in [0.1, 0.15) is 0 Å². The lowest BCUT2D eigenvalue weighted by molar-refractivity contribution is -0.0704. The van der Waals surface area contributed by atoms with Crippen LogP contribution in [0.25, 0.3) is 0 Å². The van der Waals surface area contributed by atoms with Crippen molar-refractivity contribution in [2.75, 3.05) is 39.0 Å². The largest absolute Gasteiger partial charge is 0.373 e. The van der Waals surface area contributed by atoms with Gasteiger partial charge in [-0.2, -0.15) is 0 Å². The van der Waals surface area contributed by atoms with Crippen LogP contribution >= 0.6 is 0 Å².